The van der Waals surface area contributed by atoms with E-state index in [0.717, 1.165) is 28.8 Å². The number of likely N-dealkylation sites (tertiary alicyclic amines) is 1. The number of hydrogen-bond donors (Lipinski definition) is 1. The minimum atomic E-state index is -0.458. The van der Waals surface area contributed by atoms with Gasteiger partial charge >= 0.3 is 6.03 Å². The van der Waals surface area contributed by atoms with Crippen LogP contribution in [0, 0.1) is 13.8 Å². The Morgan fingerprint density at radius 1 is 1.10 bits per heavy atom. The van der Waals surface area contributed by atoms with Gasteiger partial charge in [-0.3, -0.25) is 4.79 Å². The maximum absolute atomic E-state index is 13.0. The van der Waals surface area contributed by atoms with Gasteiger partial charge < -0.3 is 15.1 Å². The van der Waals surface area contributed by atoms with Crippen molar-refractivity contribution in [2.75, 3.05) is 18.9 Å². The fraction of sp³-hybridized carbons (Fsp3) is 0.364. The number of nitrogens with zero attached hydrogens (tertiary/aromatic N) is 2. The highest BCUT2D eigenvalue weighted by molar-refractivity contribution is 6.31. The number of carbonyl (C=O) groups excluding carboxylic acids is 2. The Hall–Kier alpha value is -2.24. The number of rotatable bonds is 4. The van der Waals surface area contributed by atoms with E-state index in [0.29, 0.717) is 29.6 Å². The smallest absolute Gasteiger partial charge is 0.322 e. The summed E-state index contributed by atoms with van der Waals surface area (Å²) in [5.74, 6) is -0.0582. The summed E-state index contributed by atoms with van der Waals surface area (Å²) in [6.07, 6.45) is 1.47. The van der Waals surface area contributed by atoms with E-state index < -0.39 is 6.04 Å². The Labute approximate surface area is 181 Å². The highest BCUT2D eigenvalue weighted by Gasteiger charge is 2.36. The zero-order chi connectivity index (χ0) is 21.1. The summed E-state index contributed by atoms with van der Waals surface area (Å²) in [6.45, 7) is 4.84. The van der Waals surface area contributed by atoms with Gasteiger partial charge in [-0.15, -0.1) is 0 Å². The molecule has 2 aromatic rings. The molecule has 5 nitrogen and oxygen atoms in total. The van der Waals surface area contributed by atoms with Gasteiger partial charge in [0, 0.05) is 35.9 Å². The van der Waals surface area contributed by atoms with Crippen molar-refractivity contribution in [3.8, 4) is 0 Å². The lowest BCUT2D eigenvalue weighted by molar-refractivity contribution is -0.134. The minimum absolute atomic E-state index is 0.0582. The summed E-state index contributed by atoms with van der Waals surface area (Å²) in [5, 5.41) is 4.27. The molecule has 29 heavy (non-hydrogen) atoms. The van der Waals surface area contributed by atoms with Gasteiger partial charge in [0.15, 0.2) is 0 Å². The Morgan fingerprint density at radius 3 is 2.34 bits per heavy atom. The van der Waals surface area contributed by atoms with Crippen molar-refractivity contribution in [3.05, 3.63) is 63.1 Å². The second-order valence-electron chi connectivity index (χ2n) is 7.52. The number of halogens is 2. The number of amides is 3. The number of hydrogen-bond acceptors (Lipinski definition) is 2. The Bertz CT molecular complexity index is 892. The van der Waals surface area contributed by atoms with E-state index in [9.17, 15) is 9.59 Å². The molecule has 1 atom stereocenters. The molecule has 1 saturated heterocycles. The fourth-order valence-corrected chi connectivity index (χ4v) is 4.20. The first-order valence-electron chi connectivity index (χ1n) is 9.60. The largest absolute Gasteiger partial charge is 0.340 e. The molecule has 0 bridgehead atoms. The van der Waals surface area contributed by atoms with E-state index in [4.69, 9.17) is 23.2 Å². The van der Waals surface area contributed by atoms with Crippen molar-refractivity contribution in [2.24, 2.45) is 0 Å². The van der Waals surface area contributed by atoms with E-state index in [-0.39, 0.29) is 11.9 Å². The third kappa shape index (κ3) is 5.03. The average molecular weight is 434 g/mol. The van der Waals surface area contributed by atoms with Crippen LogP contribution >= 0.6 is 23.2 Å². The van der Waals surface area contributed by atoms with E-state index >= 15 is 0 Å². The number of nitrogens with one attached hydrogen (secondary N) is 1. The van der Waals surface area contributed by atoms with Gasteiger partial charge in [-0.2, -0.15) is 0 Å². The highest BCUT2D eigenvalue weighted by atomic mass is 35.5. The van der Waals surface area contributed by atoms with Gasteiger partial charge in [-0.25, -0.2) is 4.79 Å². The molecule has 0 aliphatic carbocycles. The van der Waals surface area contributed by atoms with E-state index in [1.165, 1.54) is 0 Å². The third-order valence-corrected chi connectivity index (χ3v) is 5.71. The topological polar surface area (TPSA) is 52.7 Å². The van der Waals surface area contributed by atoms with Crippen molar-refractivity contribution in [3.63, 3.8) is 0 Å². The lowest BCUT2D eigenvalue weighted by Crippen LogP contribution is -2.47. The van der Waals surface area contributed by atoms with Gasteiger partial charge in [-0.05, 0) is 67.6 Å². The summed E-state index contributed by atoms with van der Waals surface area (Å²) in [4.78, 5) is 29.3. The Balaban J connectivity index is 1.69. The standard InChI is InChI=1S/C22H25Cl2N3O2/c1-14-11-18(24)12-15(2)20(14)25-22(29)27-10-4-5-19(27)21(28)26(3)13-16-6-8-17(23)9-7-16/h6-9,11-12,19H,4-5,10,13H2,1-3H3,(H,25,29). The second-order valence-corrected chi connectivity index (χ2v) is 8.39. The molecule has 0 saturated carbocycles. The SMILES string of the molecule is Cc1cc(Cl)cc(C)c1NC(=O)N1CCCC1C(=O)N(C)Cc1ccc(Cl)cc1. The van der Waals surface area contributed by atoms with Crippen LogP contribution in [0.25, 0.3) is 0 Å². The molecule has 7 heteroatoms. The third-order valence-electron chi connectivity index (χ3n) is 5.24. The van der Waals surface area contributed by atoms with E-state index in [2.05, 4.69) is 5.32 Å². The van der Waals surface area contributed by atoms with E-state index in [1.54, 1.807) is 29.0 Å². The molecule has 3 amide bonds. The second kappa shape index (κ2) is 9.06. The van der Waals surface area contributed by atoms with Gasteiger partial charge in [0.05, 0.1) is 0 Å². The van der Waals surface area contributed by atoms with Crippen molar-refractivity contribution in [2.45, 2.75) is 39.3 Å². The quantitative estimate of drug-likeness (QED) is 0.713. The predicted octanol–water partition coefficient (Wildman–Crippen LogP) is 5.27. The molecule has 154 valence electrons. The molecular weight excluding hydrogens is 409 g/mol. The molecule has 1 fully saturated rings. The van der Waals surface area contributed by atoms with Gasteiger partial charge in [0.2, 0.25) is 5.91 Å². The summed E-state index contributed by atoms with van der Waals surface area (Å²) < 4.78 is 0. The van der Waals surface area contributed by atoms with Crippen LogP contribution in [0.1, 0.15) is 29.5 Å². The molecule has 0 spiro atoms. The number of carbonyl (C=O) groups is 2. The zero-order valence-corrected chi connectivity index (χ0v) is 18.3. The fourth-order valence-electron chi connectivity index (χ4n) is 3.75. The number of likely N-dealkylation sites (N-methyl/N-ethyl adjacent to an activating group) is 1. The summed E-state index contributed by atoms with van der Waals surface area (Å²) >= 11 is 12.0. The molecular formula is C22H25Cl2N3O2. The molecule has 3 rings (SSSR count). The Kier molecular flexibility index (Phi) is 6.70. The van der Waals surface area contributed by atoms with Crippen LogP contribution in [0.3, 0.4) is 0 Å². The van der Waals surface area contributed by atoms with Crippen LogP contribution in [0.15, 0.2) is 36.4 Å². The maximum Gasteiger partial charge on any atom is 0.322 e. The van der Waals surface area contributed by atoms with Crippen molar-refractivity contribution in [1.82, 2.24) is 9.80 Å². The molecule has 1 unspecified atom stereocenters. The molecule has 0 aromatic heterocycles. The number of benzene rings is 2. The number of anilines is 1. The lowest BCUT2D eigenvalue weighted by Gasteiger charge is -2.28. The zero-order valence-electron chi connectivity index (χ0n) is 16.8. The summed E-state index contributed by atoms with van der Waals surface area (Å²) in [5.41, 5.74) is 3.52. The molecule has 1 heterocycles. The molecule has 2 aromatic carbocycles. The molecule has 1 aliphatic rings. The monoisotopic (exact) mass is 433 g/mol. The van der Waals surface area contributed by atoms with Crippen LogP contribution in [0.5, 0.6) is 0 Å². The average Bonchev–Trinajstić information content (AvgIpc) is 3.15. The molecule has 1 aliphatic heterocycles. The first kappa shape index (κ1) is 21.5. The van der Waals surface area contributed by atoms with Crippen LogP contribution in [-0.2, 0) is 11.3 Å². The van der Waals surface area contributed by atoms with Crippen molar-refractivity contribution < 1.29 is 9.59 Å². The van der Waals surface area contributed by atoms with Crippen molar-refractivity contribution in [1.29, 1.82) is 0 Å². The minimum Gasteiger partial charge on any atom is -0.340 e. The van der Waals surface area contributed by atoms with E-state index in [1.807, 2.05) is 38.1 Å². The van der Waals surface area contributed by atoms with Gasteiger partial charge in [-0.1, -0.05) is 35.3 Å². The maximum atomic E-state index is 13.0. The number of aryl methyl sites for hydroxylation is 2. The molecule has 1 N–H and O–H groups in total. The first-order valence-corrected chi connectivity index (χ1v) is 10.4. The number of urea groups is 1. The Morgan fingerprint density at radius 2 is 1.72 bits per heavy atom. The van der Waals surface area contributed by atoms with Crippen LogP contribution in [0.2, 0.25) is 10.0 Å². The van der Waals surface area contributed by atoms with Crippen LogP contribution in [0.4, 0.5) is 10.5 Å². The predicted molar refractivity (Wildman–Crippen MR) is 118 cm³/mol. The normalized spacial score (nSPS) is 16.0. The first-order chi connectivity index (χ1) is 13.8. The lowest BCUT2D eigenvalue weighted by atomic mass is 10.1. The molecule has 0 radical (unpaired) electrons. The summed E-state index contributed by atoms with van der Waals surface area (Å²) in [7, 11) is 1.76. The van der Waals surface area contributed by atoms with Crippen LogP contribution < -0.4 is 5.32 Å². The van der Waals surface area contributed by atoms with Gasteiger partial charge in [0.1, 0.15) is 6.04 Å². The highest BCUT2D eigenvalue weighted by Crippen LogP contribution is 2.27. The van der Waals surface area contributed by atoms with Crippen LogP contribution in [-0.4, -0.2) is 41.4 Å². The van der Waals surface area contributed by atoms with Crippen molar-refractivity contribution >= 4 is 40.8 Å². The van der Waals surface area contributed by atoms with Gasteiger partial charge in [0.25, 0.3) is 0 Å². The summed E-state index contributed by atoms with van der Waals surface area (Å²) in [6, 6.07) is 10.3.